The number of H-pyrrole nitrogens is 1. The van der Waals surface area contributed by atoms with E-state index in [1.54, 1.807) is 0 Å². The molecule has 3 heterocycles. The zero-order chi connectivity index (χ0) is 15.6. The molecule has 1 fully saturated rings. The van der Waals surface area contributed by atoms with Crippen LogP contribution in [0.25, 0.3) is 22.8 Å². The molecule has 2 unspecified atom stereocenters. The number of nitrogens with one attached hydrogen (secondary N) is 3. The van der Waals surface area contributed by atoms with Gasteiger partial charge in [-0.15, -0.1) is 0 Å². The van der Waals surface area contributed by atoms with Crippen molar-refractivity contribution >= 4 is 0 Å². The van der Waals surface area contributed by atoms with E-state index in [1.807, 2.05) is 30.6 Å². The number of aromatic amines is 1. The number of rotatable bonds is 3. The van der Waals surface area contributed by atoms with Gasteiger partial charge in [-0.3, -0.25) is 15.8 Å². The summed E-state index contributed by atoms with van der Waals surface area (Å²) in [5.74, 6) is 1.25. The molecule has 2 aromatic heterocycles. The van der Waals surface area contributed by atoms with Crippen LogP contribution < -0.4 is 10.9 Å². The minimum atomic E-state index is 0.404. The lowest BCUT2D eigenvalue weighted by atomic mass is 9.94. The number of pyridine rings is 1. The second kappa shape index (κ2) is 5.95. The second-order valence-corrected chi connectivity index (χ2v) is 5.91. The highest BCUT2D eigenvalue weighted by Crippen LogP contribution is 2.26. The maximum Gasteiger partial charge on any atom is 0.156 e. The zero-order valence-corrected chi connectivity index (χ0v) is 13.0. The van der Waals surface area contributed by atoms with Gasteiger partial charge >= 0.3 is 0 Å². The first kappa shape index (κ1) is 14.1. The molecule has 0 spiro atoms. The van der Waals surface area contributed by atoms with Crippen LogP contribution in [0.1, 0.15) is 18.4 Å². The Balaban J connectivity index is 1.65. The van der Waals surface area contributed by atoms with E-state index in [2.05, 4.69) is 57.0 Å². The molecule has 3 aromatic rings. The SMILES string of the molecule is CC1NNCC1c1ccnc(-c2ncc(-c3ccccc3)[nH]2)c1. The molecule has 3 N–H and O–H groups in total. The van der Waals surface area contributed by atoms with E-state index in [0.717, 1.165) is 29.3 Å². The van der Waals surface area contributed by atoms with Gasteiger partial charge in [0.2, 0.25) is 0 Å². The first-order chi connectivity index (χ1) is 11.3. The summed E-state index contributed by atoms with van der Waals surface area (Å²) >= 11 is 0. The summed E-state index contributed by atoms with van der Waals surface area (Å²) in [6.45, 7) is 3.11. The summed E-state index contributed by atoms with van der Waals surface area (Å²) in [4.78, 5) is 12.3. The van der Waals surface area contributed by atoms with Crippen molar-refractivity contribution in [3.63, 3.8) is 0 Å². The molecular weight excluding hydrogens is 286 g/mol. The van der Waals surface area contributed by atoms with Gasteiger partial charge in [0, 0.05) is 24.7 Å². The number of hydrogen-bond donors (Lipinski definition) is 3. The lowest BCUT2D eigenvalue weighted by molar-refractivity contribution is 0.569. The number of benzene rings is 1. The van der Waals surface area contributed by atoms with Crippen molar-refractivity contribution in [3.8, 4) is 22.8 Å². The first-order valence-electron chi connectivity index (χ1n) is 7.86. The molecule has 116 valence electrons. The maximum atomic E-state index is 4.50. The highest BCUT2D eigenvalue weighted by Gasteiger charge is 2.24. The summed E-state index contributed by atoms with van der Waals surface area (Å²) in [7, 11) is 0. The predicted molar refractivity (Wildman–Crippen MR) is 90.6 cm³/mol. The van der Waals surface area contributed by atoms with Gasteiger partial charge in [-0.25, -0.2) is 4.98 Å². The Morgan fingerprint density at radius 2 is 1.96 bits per heavy atom. The third-order valence-electron chi connectivity index (χ3n) is 4.37. The van der Waals surface area contributed by atoms with Crippen molar-refractivity contribution in [2.24, 2.45) is 0 Å². The summed E-state index contributed by atoms with van der Waals surface area (Å²) in [5, 5.41) is 0. The van der Waals surface area contributed by atoms with E-state index in [1.165, 1.54) is 5.56 Å². The normalized spacial score (nSPS) is 20.7. The number of aromatic nitrogens is 3. The van der Waals surface area contributed by atoms with Gasteiger partial charge in [0.25, 0.3) is 0 Å². The number of hydrazine groups is 1. The lowest BCUT2D eigenvalue weighted by Crippen LogP contribution is -2.28. The molecule has 0 bridgehead atoms. The van der Waals surface area contributed by atoms with Crippen molar-refractivity contribution in [1.82, 2.24) is 25.8 Å². The molecule has 5 heteroatoms. The quantitative estimate of drug-likeness (QED) is 0.696. The molecule has 1 aliphatic heterocycles. The Labute approximate surface area is 135 Å². The van der Waals surface area contributed by atoms with Crippen molar-refractivity contribution < 1.29 is 0 Å². The van der Waals surface area contributed by atoms with E-state index in [9.17, 15) is 0 Å². The first-order valence-corrected chi connectivity index (χ1v) is 7.86. The van der Waals surface area contributed by atoms with Gasteiger partial charge in [-0.05, 0) is 30.2 Å². The molecule has 1 aliphatic rings. The molecule has 5 nitrogen and oxygen atoms in total. The molecule has 0 aliphatic carbocycles. The number of imidazole rings is 1. The minimum absolute atomic E-state index is 0.404. The fourth-order valence-electron chi connectivity index (χ4n) is 3.04. The van der Waals surface area contributed by atoms with Gasteiger partial charge in [0.05, 0.1) is 11.9 Å². The number of hydrogen-bond acceptors (Lipinski definition) is 4. The molecular formula is C18H19N5. The largest absolute Gasteiger partial charge is 0.337 e. The average Bonchev–Trinajstić information content (AvgIpc) is 3.25. The van der Waals surface area contributed by atoms with Crippen molar-refractivity contribution in [2.45, 2.75) is 18.9 Å². The van der Waals surface area contributed by atoms with Crippen LogP contribution in [-0.4, -0.2) is 27.5 Å². The fourth-order valence-corrected chi connectivity index (χ4v) is 3.04. The van der Waals surface area contributed by atoms with Crippen LogP contribution in [0.2, 0.25) is 0 Å². The van der Waals surface area contributed by atoms with Gasteiger partial charge in [-0.2, -0.15) is 0 Å². The van der Waals surface area contributed by atoms with Gasteiger partial charge in [-0.1, -0.05) is 30.3 Å². The van der Waals surface area contributed by atoms with Gasteiger partial charge in [0.1, 0.15) is 5.69 Å². The Bertz CT molecular complexity index is 796. The zero-order valence-electron chi connectivity index (χ0n) is 13.0. The van der Waals surface area contributed by atoms with E-state index >= 15 is 0 Å². The van der Waals surface area contributed by atoms with E-state index in [4.69, 9.17) is 0 Å². The van der Waals surface area contributed by atoms with Crippen LogP contribution in [0.3, 0.4) is 0 Å². The Morgan fingerprint density at radius 3 is 2.74 bits per heavy atom. The molecule has 0 radical (unpaired) electrons. The summed E-state index contributed by atoms with van der Waals surface area (Å²) in [6, 6.07) is 14.8. The van der Waals surface area contributed by atoms with Crippen LogP contribution in [0.4, 0.5) is 0 Å². The summed E-state index contributed by atoms with van der Waals surface area (Å²) < 4.78 is 0. The Kier molecular flexibility index (Phi) is 3.65. The Hall–Kier alpha value is -2.50. The molecule has 2 atom stereocenters. The van der Waals surface area contributed by atoms with Crippen LogP contribution >= 0.6 is 0 Å². The van der Waals surface area contributed by atoms with Crippen molar-refractivity contribution in [1.29, 1.82) is 0 Å². The van der Waals surface area contributed by atoms with Crippen LogP contribution in [0, 0.1) is 0 Å². The Morgan fingerprint density at radius 1 is 1.09 bits per heavy atom. The lowest BCUT2D eigenvalue weighted by Gasteiger charge is -2.14. The predicted octanol–water partition coefficient (Wildman–Crippen LogP) is 2.72. The van der Waals surface area contributed by atoms with Gasteiger partial charge in [0.15, 0.2) is 5.82 Å². The highest BCUT2D eigenvalue weighted by atomic mass is 15.4. The second-order valence-electron chi connectivity index (χ2n) is 5.91. The molecule has 4 rings (SSSR count). The van der Waals surface area contributed by atoms with Crippen molar-refractivity contribution in [2.75, 3.05) is 6.54 Å². The standard InChI is InChI=1S/C18H19N5/c1-12-15(10-21-23-12)14-7-8-19-16(9-14)18-20-11-17(22-18)13-5-3-2-4-6-13/h2-9,11-12,15,21,23H,10H2,1H3,(H,20,22). The van der Waals surface area contributed by atoms with Crippen LogP contribution in [0.5, 0.6) is 0 Å². The van der Waals surface area contributed by atoms with E-state index in [-0.39, 0.29) is 0 Å². The van der Waals surface area contributed by atoms with E-state index < -0.39 is 0 Å². The van der Waals surface area contributed by atoms with E-state index in [0.29, 0.717) is 12.0 Å². The fraction of sp³-hybridized carbons (Fsp3) is 0.222. The van der Waals surface area contributed by atoms with Crippen LogP contribution in [0.15, 0.2) is 54.9 Å². The topological polar surface area (TPSA) is 65.6 Å². The van der Waals surface area contributed by atoms with Crippen molar-refractivity contribution in [3.05, 3.63) is 60.4 Å². The highest BCUT2D eigenvalue weighted by molar-refractivity contribution is 5.62. The molecule has 1 saturated heterocycles. The summed E-state index contributed by atoms with van der Waals surface area (Å²) in [6.07, 6.45) is 3.72. The summed E-state index contributed by atoms with van der Waals surface area (Å²) in [5.41, 5.74) is 10.8. The van der Waals surface area contributed by atoms with Gasteiger partial charge < -0.3 is 4.98 Å². The molecule has 23 heavy (non-hydrogen) atoms. The monoisotopic (exact) mass is 305 g/mol. The third kappa shape index (κ3) is 2.76. The molecule has 1 aromatic carbocycles. The molecule has 0 saturated carbocycles. The third-order valence-corrected chi connectivity index (χ3v) is 4.37. The number of nitrogens with zero attached hydrogens (tertiary/aromatic N) is 2. The average molecular weight is 305 g/mol. The van der Waals surface area contributed by atoms with Crippen LogP contribution in [-0.2, 0) is 0 Å². The molecule has 0 amide bonds. The smallest absolute Gasteiger partial charge is 0.156 e. The minimum Gasteiger partial charge on any atom is -0.337 e. The maximum absolute atomic E-state index is 4.50.